The molecular weight excluding hydrogens is 478 g/mol. The molecular formula is C36H21NO2. The Hall–Kier alpha value is -5.28. The van der Waals surface area contributed by atoms with E-state index in [1.807, 2.05) is 12.1 Å². The summed E-state index contributed by atoms with van der Waals surface area (Å²) in [5.41, 5.74) is 9.26. The zero-order valence-electron chi connectivity index (χ0n) is 20.9. The van der Waals surface area contributed by atoms with Gasteiger partial charge in [-0.15, -0.1) is 0 Å². The molecule has 3 nitrogen and oxygen atoms in total. The van der Waals surface area contributed by atoms with Crippen LogP contribution in [0.5, 0.6) is 0 Å². The van der Waals surface area contributed by atoms with E-state index in [0.717, 1.165) is 60.7 Å². The van der Waals surface area contributed by atoms with E-state index in [9.17, 15) is 0 Å². The summed E-state index contributed by atoms with van der Waals surface area (Å²) in [5, 5.41) is 6.97. The number of hydrogen-bond donors (Lipinski definition) is 0. The van der Waals surface area contributed by atoms with Gasteiger partial charge in [-0.2, -0.15) is 0 Å². The van der Waals surface area contributed by atoms with Crippen LogP contribution < -0.4 is 0 Å². The second-order valence-electron chi connectivity index (χ2n) is 10.1. The Morgan fingerprint density at radius 2 is 1.08 bits per heavy atom. The van der Waals surface area contributed by atoms with Gasteiger partial charge in [0.25, 0.3) is 0 Å². The fraction of sp³-hybridized carbons (Fsp3) is 0. The van der Waals surface area contributed by atoms with Gasteiger partial charge in [-0.3, -0.25) is 0 Å². The van der Waals surface area contributed by atoms with Crippen LogP contribution in [-0.4, -0.2) is 4.57 Å². The van der Waals surface area contributed by atoms with Crippen molar-refractivity contribution >= 4 is 65.7 Å². The molecule has 0 amide bonds. The first-order chi connectivity index (χ1) is 19.3. The molecule has 0 aliphatic heterocycles. The first-order valence-corrected chi connectivity index (χ1v) is 13.2. The normalized spacial score (nSPS) is 12.1. The molecule has 6 aromatic carbocycles. The standard InChI is InChI=1S/C36H21NO2/c1-4-14-29-24(9-1)25-10-2-5-15-30(25)37(29)31-16-8-18-34-35(31)27-13-7-12-23(36(27)39-34)22-19-20-33-28(21-22)26-11-3-6-17-32(26)38-33/h1-21H. The van der Waals surface area contributed by atoms with Gasteiger partial charge in [0.05, 0.1) is 22.1 Å². The number of para-hydroxylation sites is 4. The van der Waals surface area contributed by atoms with Crippen LogP contribution in [0.4, 0.5) is 0 Å². The smallest absolute Gasteiger partial charge is 0.143 e. The van der Waals surface area contributed by atoms with Gasteiger partial charge >= 0.3 is 0 Å². The lowest BCUT2D eigenvalue weighted by atomic mass is 10.00. The van der Waals surface area contributed by atoms with Gasteiger partial charge in [0.2, 0.25) is 0 Å². The Morgan fingerprint density at radius 1 is 0.436 bits per heavy atom. The molecule has 0 radical (unpaired) electrons. The van der Waals surface area contributed by atoms with Crippen LogP contribution in [0.15, 0.2) is 136 Å². The van der Waals surface area contributed by atoms with Crippen molar-refractivity contribution in [3.63, 3.8) is 0 Å². The molecule has 182 valence electrons. The van der Waals surface area contributed by atoms with E-state index in [2.05, 4.69) is 120 Å². The maximum Gasteiger partial charge on any atom is 0.143 e. The third-order valence-corrected chi connectivity index (χ3v) is 8.01. The zero-order chi connectivity index (χ0) is 25.5. The van der Waals surface area contributed by atoms with E-state index < -0.39 is 0 Å². The SMILES string of the molecule is c1ccc2c(c1)oc1ccc(-c3cccc4c3oc3cccc(-n5c6ccccc6c6ccccc65)c34)cc12. The van der Waals surface area contributed by atoms with Crippen molar-refractivity contribution in [1.29, 1.82) is 0 Å². The minimum atomic E-state index is 0.881. The Morgan fingerprint density at radius 3 is 1.90 bits per heavy atom. The first-order valence-electron chi connectivity index (χ1n) is 13.2. The van der Waals surface area contributed by atoms with Crippen LogP contribution in [0.2, 0.25) is 0 Å². The van der Waals surface area contributed by atoms with Gasteiger partial charge in [0.1, 0.15) is 22.3 Å². The van der Waals surface area contributed by atoms with E-state index in [1.54, 1.807) is 0 Å². The van der Waals surface area contributed by atoms with Gasteiger partial charge in [0.15, 0.2) is 0 Å². The summed E-state index contributed by atoms with van der Waals surface area (Å²) >= 11 is 0. The van der Waals surface area contributed by atoms with E-state index in [-0.39, 0.29) is 0 Å². The fourth-order valence-corrected chi connectivity index (χ4v) is 6.32. The number of fused-ring (bicyclic) bond motifs is 9. The van der Waals surface area contributed by atoms with Crippen molar-refractivity contribution in [1.82, 2.24) is 4.57 Å². The molecule has 0 fully saturated rings. The molecule has 3 heterocycles. The van der Waals surface area contributed by atoms with Crippen molar-refractivity contribution in [3.8, 4) is 16.8 Å². The predicted octanol–water partition coefficient (Wildman–Crippen LogP) is 10.2. The number of furan rings is 2. The van der Waals surface area contributed by atoms with Crippen molar-refractivity contribution in [2.45, 2.75) is 0 Å². The lowest BCUT2D eigenvalue weighted by Gasteiger charge is -2.09. The lowest BCUT2D eigenvalue weighted by Crippen LogP contribution is -1.94. The summed E-state index contributed by atoms with van der Waals surface area (Å²) in [6, 6.07) is 44.7. The first kappa shape index (κ1) is 20.7. The molecule has 0 spiro atoms. The topological polar surface area (TPSA) is 31.2 Å². The van der Waals surface area contributed by atoms with Crippen LogP contribution in [0.1, 0.15) is 0 Å². The van der Waals surface area contributed by atoms with Crippen LogP contribution in [0.3, 0.4) is 0 Å². The van der Waals surface area contributed by atoms with Crippen molar-refractivity contribution in [2.75, 3.05) is 0 Å². The predicted molar refractivity (Wildman–Crippen MR) is 161 cm³/mol. The van der Waals surface area contributed by atoms with Gasteiger partial charge in [0, 0.05) is 32.5 Å². The third kappa shape index (κ3) is 2.82. The van der Waals surface area contributed by atoms with Crippen LogP contribution in [0, 0.1) is 0 Å². The quantitative estimate of drug-likeness (QED) is 0.237. The summed E-state index contributed by atoms with van der Waals surface area (Å²) in [5.74, 6) is 0. The average molecular weight is 500 g/mol. The highest BCUT2D eigenvalue weighted by atomic mass is 16.3. The molecule has 9 aromatic rings. The molecule has 0 bridgehead atoms. The third-order valence-electron chi connectivity index (χ3n) is 8.01. The molecule has 3 aromatic heterocycles. The maximum absolute atomic E-state index is 6.65. The Kier molecular flexibility index (Phi) is 4.05. The Balaban J connectivity index is 1.35. The summed E-state index contributed by atoms with van der Waals surface area (Å²) in [6.45, 7) is 0. The van der Waals surface area contributed by atoms with Crippen molar-refractivity contribution in [3.05, 3.63) is 127 Å². The van der Waals surface area contributed by atoms with Crippen molar-refractivity contribution in [2.24, 2.45) is 0 Å². The second kappa shape index (κ2) is 7.62. The Labute approximate surface area is 223 Å². The Bertz CT molecular complexity index is 2350. The molecule has 0 saturated heterocycles. The molecule has 0 N–H and O–H groups in total. The molecule has 39 heavy (non-hydrogen) atoms. The average Bonchev–Trinajstić information content (AvgIpc) is 3.66. The van der Waals surface area contributed by atoms with E-state index in [4.69, 9.17) is 8.83 Å². The minimum Gasteiger partial charge on any atom is -0.456 e. The van der Waals surface area contributed by atoms with E-state index in [0.29, 0.717) is 0 Å². The number of rotatable bonds is 2. The monoisotopic (exact) mass is 499 g/mol. The fourth-order valence-electron chi connectivity index (χ4n) is 6.32. The molecule has 0 aliphatic rings. The summed E-state index contributed by atoms with van der Waals surface area (Å²) in [4.78, 5) is 0. The maximum atomic E-state index is 6.65. The molecule has 9 rings (SSSR count). The minimum absolute atomic E-state index is 0.881. The molecule has 0 atom stereocenters. The van der Waals surface area contributed by atoms with Gasteiger partial charge in [-0.25, -0.2) is 0 Å². The summed E-state index contributed by atoms with van der Waals surface area (Å²) in [6.07, 6.45) is 0. The number of hydrogen-bond acceptors (Lipinski definition) is 2. The highest BCUT2D eigenvalue weighted by Crippen LogP contribution is 2.42. The highest BCUT2D eigenvalue weighted by Gasteiger charge is 2.19. The van der Waals surface area contributed by atoms with Gasteiger partial charge in [-0.05, 0) is 48.0 Å². The summed E-state index contributed by atoms with van der Waals surface area (Å²) < 4.78 is 15.1. The van der Waals surface area contributed by atoms with E-state index >= 15 is 0 Å². The van der Waals surface area contributed by atoms with Crippen molar-refractivity contribution < 1.29 is 8.83 Å². The number of nitrogens with zero attached hydrogens (tertiary/aromatic N) is 1. The highest BCUT2D eigenvalue weighted by molar-refractivity contribution is 6.16. The van der Waals surface area contributed by atoms with E-state index in [1.165, 1.54) is 21.8 Å². The van der Waals surface area contributed by atoms with Gasteiger partial charge < -0.3 is 13.4 Å². The van der Waals surface area contributed by atoms with Gasteiger partial charge in [-0.1, -0.05) is 84.9 Å². The summed E-state index contributed by atoms with van der Waals surface area (Å²) in [7, 11) is 0. The van der Waals surface area contributed by atoms with Crippen LogP contribution in [-0.2, 0) is 0 Å². The van der Waals surface area contributed by atoms with Crippen LogP contribution in [0.25, 0.3) is 82.5 Å². The number of benzene rings is 6. The molecule has 0 saturated carbocycles. The molecule has 0 unspecified atom stereocenters. The lowest BCUT2D eigenvalue weighted by molar-refractivity contribution is 0.668. The molecule has 3 heteroatoms. The molecule has 0 aliphatic carbocycles. The second-order valence-corrected chi connectivity index (χ2v) is 10.1. The largest absolute Gasteiger partial charge is 0.456 e. The number of aromatic nitrogens is 1. The zero-order valence-corrected chi connectivity index (χ0v) is 20.9. The van der Waals surface area contributed by atoms with Crippen LogP contribution >= 0.6 is 0 Å².